The van der Waals surface area contributed by atoms with Crippen molar-refractivity contribution in [2.45, 2.75) is 26.3 Å². The summed E-state index contributed by atoms with van der Waals surface area (Å²) in [6, 6.07) is 17.1. The van der Waals surface area contributed by atoms with Gasteiger partial charge < -0.3 is 24.8 Å². The summed E-state index contributed by atoms with van der Waals surface area (Å²) in [6.45, 7) is 3.80. The Bertz CT molecular complexity index is 1210. The van der Waals surface area contributed by atoms with Gasteiger partial charge in [-0.25, -0.2) is 0 Å². The summed E-state index contributed by atoms with van der Waals surface area (Å²) in [4.78, 5) is 14.9. The number of hydrogen-bond donors (Lipinski definition) is 1. The Hall–Kier alpha value is -2.48. The predicted octanol–water partition coefficient (Wildman–Crippen LogP) is 6.38. The molecular weight excluding hydrogens is 559 g/mol. The minimum atomic E-state index is -0.352. The van der Waals surface area contributed by atoms with Crippen LogP contribution in [0.25, 0.3) is 0 Å². The Morgan fingerprint density at radius 3 is 2.18 bits per heavy atom. The number of amides is 1. The molecule has 3 rings (SSSR count). The van der Waals surface area contributed by atoms with Crippen LogP contribution in [-0.2, 0) is 28.9 Å². The van der Waals surface area contributed by atoms with E-state index in [1.807, 2.05) is 49.4 Å². The molecular formula is C30H35Cl3N2O4. The molecule has 1 atom stereocenters. The minimum absolute atomic E-state index is 0.0261. The number of nitrogens with two attached hydrogens (primary N) is 1. The molecule has 9 heteroatoms. The maximum atomic E-state index is 13.2. The Balaban J connectivity index is 1.51. The quantitative estimate of drug-likeness (QED) is 0.220. The third kappa shape index (κ3) is 9.30. The summed E-state index contributed by atoms with van der Waals surface area (Å²) in [5.74, 6) is 0.766. The zero-order valence-corrected chi connectivity index (χ0v) is 24.8. The molecule has 1 unspecified atom stereocenters. The average molecular weight is 594 g/mol. The first-order valence-electron chi connectivity index (χ1n) is 12.7. The number of benzene rings is 3. The normalized spacial score (nSPS) is 11.8. The third-order valence-corrected chi connectivity index (χ3v) is 7.20. The average Bonchev–Trinajstić information content (AvgIpc) is 2.91. The van der Waals surface area contributed by atoms with Gasteiger partial charge in [0.1, 0.15) is 19.0 Å². The first kappa shape index (κ1) is 31.1. The fourth-order valence-electron chi connectivity index (χ4n) is 4.18. The zero-order valence-electron chi connectivity index (χ0n) is 22.5. The molecule has 2 N–H and O–H groups in total. The standard InChI is InChI=1S/C30H35Cl3N2O4/c1-20-14-27(32)29(28(33)15-20)39-13-12-38-25-7-4-21(5-8-25)16-23(18-34)30(36)35(2)19-24-17-22(10-11-37-3)6-9-26(24)31/h4-9,14-15,17,23H,10-13,16,18-19,34H2,1-3H3. The van der Waals surface area contributed by atoms with Crippen molar-refractivity contribution in [3.05, 3.63) is 91.9 Å². The van der Waals surface area contributed by atoms with E-state index in [-0.39, 0.29) is 18.4 Å². The van der Waals surface area contributed by atoms with Crippen LogP contribution in [0, 0.1) is 12.8 Å². The molecule has 3 aromatic carbocycles. The summed E-state index contributed by atoms with van der Waals surface area (Å²) in [5.41, 5.74) is 9.98. The molecule has 0 fully saturated rings. The van der Waals surface area contributed by atoms with Crippen molar-refractivity contribution in [2.24, 2.45) is 11.7 Å². The van der Waals surface area contributed by atoms with Gasteiger partial charge in [0, 0.05) is 32.3 Å². The van der Waals surface area contributed by atoms with E-state index in [9.17, 15) is 4.79 Å². The van der Waals surface area contributed by atoms with Gasteiger partial charge in [-0.1, -0.05) is 59.1 Å². The molecule has 0 radical (unpaired) electrons. The molecule has 39 heavy (non-hydrogen) atoms. The van der Waals surface area contributed by atoms with E-state index in [4.69, 9.17) is 54.7 Å². The lowest BCUT2D eigenvalue weighted by molar-refractivity contribution is -0.134. The van der Waals surface area contributed by atoms with Crippen LogP contribution in [0.4, 0.5) is 0 Å². The number of carbonyl (C=O) groups is 1. The van der Waals surface area contributed by atoms with E-state index in [0.29, 0.717) is 59.4 Å². The largest absolute Gasteiger partial charge is 0.490 e. The van der Waals surface area contributed by atoms with Gasteiger partial charge >= 0.3 is 0 Å². The van der Waals surface area contributed by atoms with E-state index < -0.39 is 0 Å². The molecule has 0 bridgehead atoms. The molecule has 0 aliphatic heterocycles. The van der Waals surface area contributed by atoms with E-state index in [1.54, 1.807) is 31.2 Å². The zero-order chi connectivity index (χ0) is 28.4. The lowest BCUT2D eigenvalue weighted by atomic mass is 9.97. The number of ether oxygens (including phenoxy) is 3. The SMILES string of the molecule is COCCc1ccc(Cl)c(CN(C)C(=O)C(CN)Cc2ccc(OCCOc3c(Cl)cc(C)cc3Cl)cc2)c1. The Morgan fingerprint density at radius 2 is 1.54 bits per heavy atom. The highest BCUT2D eigenvalue weighted by Crippen LogP contribution is 2.34. The van der Waals surface area contributed by atoms with Gasteiger partial charge in [0.25, 0.3) is 0 Å². The van der Waals surface area contributed by atoms with E-state index in [2.05, 4.69) is 0 Å². The summed E-state index contributed by atoms with van der Waals surface area (Å²) >= 11 is 18.8. The van der Waals surface area contributed by atoms with Crippen LogP contribution in [0.2, 0.25) is 15.1 Å². The molecule has 6 nitrogen and oxygen atoms in total. The number of rotatable bonds is 14. The van der Waals surface area contributed by atoms with Crippen LogP contribution in [0.15, 0.2) is 54.6 Å². The van der Waals surface area contributed by atoms with E-state index in [0.717, 1.165) is 28.7 Å². The first-order valence-corrected chi connectivity index (χ1v) is 13.9. The van der Waals surface area contributed by atoms with Gasteiger partial charge in [0.15, 0.2) is 5.75 Å². The lowest BCUT2D eigenvalue weighted by Crippen LogP contribution is -2.37. The third-order valence-electron chi connectivity index (χ3n) is 6.27. The van der Waals surface area contributed by atoms with Gasteiger partial charge in [0.2, 0.25) is 5.91 Å². The maximum absolute atomic E-state index is 13.2. The second-order valence-corrected chi connectivity index (χ2v) is 10.6. The molecule has 0 aromatic heterocycles. The molecule has 1 amide bonds. The number of hydrogen-bond acceptors (Lipinski definition) is 5. The Morgan fingerprint density at radius 1 is 0.897 bits per heavy atom. The number of carbonyl (C=O) groups excluding carboxylic acids is 1. The molecule has 210 valence electrons. The maximum Gasteiger partial charge on any atom is 0.227 e. The second kappa shape index (κ2) is 15.3. The highest BCUT2D eigenvalue weighted by Gasteiger charge is 2.22. The molecule has 0 spiro atoms. The van der Waals surface area contributed by atoms with Crippen molar-refractivity contribution >= 4 is 40.7 Å². The molecule has 0 aliphatic carbocycles. The molecule has 0 heterocycles. The number of halogens is 3. The fourth-order valence-corrected chi connectivity index (χ4v) is 5.06. The van der Waals surface area contributed by atoms with Crippen LogP contribution in [-0.4, -0.2) is 51.3 Å². The lowest BCUT2D eigenvalue weighted by Gasteiger charge is -2.24. The molecule has 3 aromatic rings. The number of methoxy groups -OCH3 is 1. The van der Waals surface area contributed by atoms with Crippen LogP contribution < -0.4 is 15.2 Å². The monoisotopic (exact) mass is 592 g/mol. The van der Waals surface area contributed by atoms with Crippen LogP contribution in [0.5, 0.6) is 11.5 Å². The smallest absolute Gasteiger partial charge is 0.227 e. The summed E-state index contributed by atoms with van der Waals surface area (Å²) in [5, 5.41) is 1.57. The number of nitrogens with zero attached hydrogens (tertiary/aromatic N) is 1. The van der Waals surface area contributed by atoms with Gasteiger partial charge in [-0.2, -0.15) is 0 Å². The molecule has 0 saturated heterocycles. The minimum Gasteiger partial charge on any atom is -0.490 e. The van der Waals surface area contributed by atoms with Gasteiger partial charge in [-0.3, -0.25) is 4.79 Å². The van der Waals surface area contributed by atoms with Gasteiger partial charge in [0.05, 0.1) is 22.6 Å². The van der Waals surface area contributed by atoms with Gasteiger partial charge in [-0.05, 0) is 72.4 Å². The topological polar surface area (TPSA) is 74.0 Å². The van der Waals surface area contributed by atoms with Crippen LogP contribution >= 0.6 is 34.8 Å². The van der Waals surface area contributed by atoms with Crippen molar-refractivity contribution in [3.8, 4) is 11.5 Å². The number of aryl methyl sites for hydroxylation is 1. The van der Waals surface area contributed by atoms with Crippen molar-refractivity contribution in [3.63, 3.8) is 0 Å². The highest BCUT2D eigenvalue weighted by atomic mass is 35.5. The van der Waals surface area contributed by atoms with Crippen molar-refractivity contribution < 1.29 is 19.0 Å². The predicted molar refractivity (Wildman–Crippen MR) is 158 cm³/mol. The highest BCUT2D eigenvalue weighted by molar-refractivity contribution is 6.37. The summed E-state index contributed by atoms with van der Waals surface area (Å²) in [6.07, 6.45) is 1.31. The fraction of sp³-hybridized carbons (Fsp3) is 0.367. The Kier molecular flexibility index (Phi) is 12.2. The summed E-state index contributed by atoms with van der Waals surface area (Å²) < 4.78 is 16.6. The Labute approximate surface area is 245 Å². The van der Waals surface area contributed by atoms with Crippen LogP contribution in [0.1, 0.15) is 22.3 Å². The molecule has 0 saturated carbocycles. The van der Waals surface area contributed by atoms with Crippen LogP contribution in [0.3, 0.4) is 0 Å². The van der Waals surface area contributed by atoms with Crippen molar-refractivity contribution in [1.29, 1.82) is 0 Å². The van der Waals surface area contributed by atoms with E-state index in [1.165, 1.54) is 0 Å². The molecule has 0 aliphatic rings. The van der Waals surface area contributed by atoms with Gasteiger partial charge in [-0.15, -0.1) is 0 Å². The van der Waals surface area contributed by atoms with Crippen molar-refractivity contribution in [1.82, 2.24) is 4.90 Å². The second-order valence-electron chi connectivity index (χ2n) is 9.40. The first-order chi connectivity index (χ1) is 18.7. The van der Waals surface area contributed by atoms with Crippen molar-refractivity contribution in [2.75, 3.05) is 40.5 Å². The summed E-state index contributed by atoms with van der Waals surface area (Å²) in [7, 11) is 3.45. The van der Waals surface area contributed by atoms with E-state index >= 15 is 0 Å².